The number of aliphatic hydroxyl groups is 1. The molecule has 1 unspecified atom stereocenters. The number of amides is 1. The molecule has 1 heterocycles. The molecule has 0 fully saturated rings. The fourth-order valence-electron chi connectivity index (χ4n) is 3.51. The van der Waals surface area contributed by atoms with Gasteiger partial charge in [-0.15, -0.1) is 4.91 Å². The fraction of sp³-hybridized carbons (Fsp3) is 0.0952. The summed E-state index contributed by atoms with van der Waals surface area (Å²) in [4.78, 5) is 25.0. The van der Waals surface area contributed by atoms with Gasteiger partial charge in [0.15, 0.2) is 5.72 Å². The number of rotatable bonds is 4. The van der Waals surface area contributed by atoms with Crippen molar-refractivity contribution in [2.75, 3.05) is 0 Å². The van der Waals surface area contributed by atoms with Crippen LogP contribution in [-0.4, -0.2) is 15.9 Å². The molecule has 0 bridgehead atoms. The molecule has 3 aromatic carbocycles. The third-order valence-corrected chi connectivity index (χ3v) is 5.56. The molecule has 0 aliphatic carbocycles. The summed E-state index contributed by atoms with van der Waals surface area (Å²) in [5.74, 6) is -1.24. The van der Waals surface area contributed by atoms with Crippen molar-refractivity contribution in [3.05, 3.63) is 104 Å². The Kier molecular flexibility index (Phi) is 4.86. The monoisotopic (exact) mass is 430 g/mol. The van der Waals surface area contributed by atoms with Crippen LogP contribution in [0, 0.1) is 10.7 Å². The molecule has 29 heavy (non-hydrogen) atoms. The lowest BCUT2D eigenvalue weighted by Gasteiger charge is -2.35. The molecule has 1 aliphatic heterocycles. The maximum absolute atomic E-state index is 14.2. The average molecular weight is 431 g/mol. The molecule has 0 radical (unpaired) electrons. The van der Waals surface area contributed by atoms with Gasteiger partial charge in [0, 0.05) is 28.3 Å². The maximum atomic E-state index is 14.2. The zero-order chi connectivity index (χ0) is 20.8. The Morgan fingerprint density at radius 1 is 1.00 bits per heavy atom. The van der Waals surface area contributed by atoms with E-state index in [0.717, 1.165) is 6.07 Å². The molecule has 1 aliphatic rings. The number of fused-ring (bicyclic) bond motifs is 1. The largest absolute Gasteiger partial charge is 0.363 e. The lowest BCUT2D eigenvalue weighted by atomic mass is 9.93. The smallest absolute Gasteiger partial charge is 0.257 e. The minimum absolute atomic E-state index is 0.0102. The van der Waals surface area contributed by atoms with Crippen LogP contribution in [0.3, 0.4) is 0 Å². The number of nitrogens with zero attached hydrogens (tertiary/aromatic N) is 2. The Morgan fingerprint density at radius 2 is 1.66 bits per heavy atom. The molecule has 8 heteroatoms. The third-order valence-electron chi connectivity index (χ3n) is 4.94. The molecule has 5 nitrogen and oxygen atoms in total. The Bertz CT molecular complexity index is 1120. The summed E-state index contributed by atoms with van der Waals surface area (Å²) in [6.45, 7) is -0.0102. The van der Waals surface area contributed by atoms with Crippen LogP contribution in [0.15, 0.2) is 65.8 Å². The van der Waals surface area contributed by atoms with Crippen molar-refractivity contribution in [3.8, 4) is 0 Å². The summed E-state index contributed by atoms with van der Waals surface area (Å²) in [6.07, 6.45) is 0. The van der Waals surface area contributed by atoms with Gasteiger partial charge in [-0.3, -0.25) is 9.69 Å². The van der Waals surface area contributed by atoms with E-state index in [4.69, 9.17) is 23.2 Å². The number of halogens is 3. The minimum atomic E-state index is -2.00. The van der Waals surface area contributed by atoms with Crippen LogP contribution in [-0.2, 0) is 12.3 Å². The first-order valence-electron chi connectivity index (χ1n) is 8.57. The number of hydrogen-bond acceptors (Lipinski definition) is 4. The highest BCUT2D eigenvalue weighted by atomic mass is 35.5. The van der Waals surface area contributed by atoms with E-state index in [-0.39, 0.29) is 28.4 Å². The lowest BCUT2D eigenvalue weighted by Crippen LogP contribution is -2.44. The van der Waals surface area contributed by atoms with E-state index < -0.39 is 17.4 Å². The molecule has 0 saturated heterocycles. The quantitative estimate of drug-likeness (QED) is 0.564. The zero-order valence-electron chi connectivity index (χ0n) is 14.8. The fourth-order valence-corrected chi connectivity index (χ4v) is 3.93. The molecule has 3 aromatic rings. The Morgan fingerprint density at radius 3 is 2.28 bits per heavy atom. The van der Waals surface area contributed by atoms with E-state index in [0.29, 0.717) is 16.1 Å². The first-order chi connectivity index (χ1) is 13.9. The minimum Gasteiger partial charge on any atom is -0.363 e. The highest BCUT2D eigenvalue weighted by molar-refractivity contribution is 6.32. The average Bonchev–Trinajstić information content (AvgIpc) is 2.94. The van der Waals surface area contributed by atoms with E-state index in [1.807, 2.05) is 0 Å². The Balaban J connectivity index is 1.88. The van der Waals surface area contributed by atoms with Gasteiger partial charge in [0.2, 0.25) is 0 Å². The molecule has 1 amide bonds. The summed E-state index contributed by atoms with van der Waals surface area (Å²) in [6, 6.07) is 14.9. The van der Waals surface area contributed by atoms with Gasteiger partial charge in [0.1, 0.15) is 11.5 Å². The first kappa shape index (κ1) is 19.5. The number of hydrogen-bond donors (Lipinski definition) is 1. The lowest BCUT2D eigenvalue weighted by molar-refractivity contribution is -0.0543. The van der Waals surface area contributed by atoms with Crippen LogP contribution in [0.1, 0.15) is 27.0 Å². The number of nitroso groups, excluding NO2 is 1. The van der Waals surface area contributed by atoms with Gasteiger partial charge < -0.3 is 5.11 Å². The Labute approximate surface area is 175 Å². The van der Waals surface area contributed by atoms with Crippen LogP contribution < -0.4 is 0 Å². The Hall–Kier alpha value is -2.80. The normalized spacial score (nSPS) is 18.1. The molecule has 1 atom stereocenters. The molecular weight excluding hydrogens is 418 g/mol. The second-order valence-corrected chi connectivity index (χ2v) is 7.43. The van der Waals surface area contributed by atoms with Gasteiger partial charge in [0.05, 0.1) is 5.02 Å². The van der Waals surface area contributed by atoms with Crippen LogP contribution in [0.25, 0.3) is 0 Å². The molecule has 0 spiro atoms. The van der Waals surface area contributed by atoms with Crippen molar-refractivity contribution in [1.82, 2.24) is 4.90 Å². The van der Waals surface area contributed by atoms with E-state index in [1.54, 1.807) is 36.4 Å². The number of benzene rings is 3. The van der Waals surface area contributed by atoms with E-state index in [9.17, 15) is 19.2 Å². The van der Waals surface area contributed by atoms with E-state index >= 15 is 0 Å². The van der Waals surface area contributed by atoms with Crippen molar-refractivity contribution in [2.24, 2.45) is 5.18 Å². The SMILES string of the molecule is O=Nc1ccc(CN2C(=O)c3ccc(F)c(Cl)c3C2(O)c2ccc(Cl)cc2)cc1. The third kappa shape index (κ3) is 3.09. The van der Waals surface area contributed by atoms with Gasteiger partial charge in [-0.2, -0.15) is 0 Å². The van der Waals surface area contributed by atoms with Crippen molar-refractivity contribution in [1.29, 1.82) is 0 Å². The predicted octanol–water partition coefficient (Wildman–Crippen LogP) is 5.38. The summed E-state index contributed by atoms with van der Waals surface area (Å²) in [5.41, 5.74) is -0.714. The molecular formula is C21H13Cl2FN2O3. The van der Waals surface area contributed by atoms with Crippen molar-refractivity contribution < 1.29 is 14.3 Å². The first-order valence-corrected chi connectivity index (χ1v) is 9.33. The van der Waals surface area contributed by atoms with Crippen LogP contribution in [0.4, 0.5) is 10.1 Å². The summed E-state index contributed by atoms with van der Waals surface area (Å²) >= 11 is 12.2. The summed E-state index contributed by atoms with van der Waals surface area (Å²) < 4.78 is 14.2. The van der Waals surface area contributed by atoms with Crippen molar-refractivity contribution >= 4 is 34.8 Å². The highest BCUT2D eigenvalue weighted by Gasteiger charge is 2.51. The maximum Gasteiger partial charge on any atom is 0.257 e. The van der Waals surface area contributed by atoms with Gasteiger partial charge >= 0.3 is 0 Å². The van der Waals surface area contributed by atoms with Crippen LogP contribution in [0.5, 0.6) is 0 Å². The van der Waals surface area contributed by atoms with Gasteiger partial charge in [0.25, 0.3) is 5.91 Å². The van der Waals surface area contributed by atoms with E-state index in [1.165, 1.54) is 23.1 Å². The topological polar surface area (TPSA) is 70.0 Å². The standard InChI is InChI=1S/C21H13Cl2FN2O3/c22-14-5-3-13(4-6-14)21(28)18-16(9-10-17(24)19(18)23)20(27)26(21)11-12-1-7-15(25-29)8-2-12/h1-10,28H,11H2. The van der Waals surface area contributed by atoms with Gasteiger partial charge in [-0.05, 0) is 47.1 Å². The molecule has 1 N–H and O–H groups in total. The van der Waals surface area contributed by atoms with Crippen molar-refractivity contribution in [2.45, 2.75) is 12.3 Å². The van der Waals surface area contributed by atoms with Crippen LogP contribution in [0.2, 0.25) is 10.0 Å². The number of carbonyl (C=O) groups is 1. The predicted molar refractivity (Wildman–Crippen MR) is 108 cm³/mol. The highest BCUT2D eigenvalue weighted by Crippen LogP contribution is 2.47. The van der Waals surface area contributed by atoms with E-state index in [2.05, 4.69) is 5.18 Å². The van der Waals surface area contributed by atoms with Crippen LogP contribution >= 0.6 is 23.2 Å². The molecule has 0 aromatic heterocycles. The molecule has 4 rings (SSSR count). The zero-order valence-corrected chi connectivity index (χ0v) is 16.3. The molecule has 0 saturated carbocycles. The second-order valence-electron chi connectivity index (χ2n) is 6.61. The number of carbonyl (C=O) groups excluding carboxylic acids is 1. The van der Waals surface area contributed by atoms with Gasteiger partial charge in [-0.25, -0.2) is 4.39 Å². The summed E-state index contributed by atoms with van der Waals surface area (Å²) in [5, 5.41) is 14.7. The van der Waals surface area contributed by atoms with Crippen molar-refractivity contribution in [3.63, 3.8) is 0 Å². The molecule has 146 valence electrons. The van der Waals surface area contributed by atoms with Gasteiger partial charge in [-0.1, -0.05) is 47.5 Å². The summed E-state index contributed by atoms with van der Waals surface area (Å²) in [7, 11) is 0. The second kappa shape index (κ2) is 7.22.